The van der Waals surface area contributed by atoms with Crippen molar-refractivity contribution in [3.05, 3.63) is 24.3 Å². The normalized spacial score (nSPS) is 26.5. The Morgan fingerprint density at radius 2 is 1.91 bits per heavy atom. The average molecular weight is 303 g/mol. The fraction of sp³-hybridized carbons (Fsp3) is 0.611. The molecule has 1 aliphatic heterocycles. The Kier molecular flexibility index (Phi) is 4.27. The fourth-order valence-electron chi connectivity index (χ4n) is 3.80. The van der Waals surface area contributed by atoms with Crippen LogP contribution in [-0.2, 0) is 4.79 Å². The highest BCUT2D eigenvalue weighted by Crippen LogP contribution is 2.43. The number of nitrogens with zero attached hydrogens (tertiary/aromatic N) is 1. The number of amides is 1. The summed E-state index contributed by atoms with van der Waals surface area (Å²) >= 11 is 0. The van der Waals surface area contributed by atoms with Gasteiger partial charge in [-0.05, 0) is 49.4 Å². The molecule has 2 bridgehead atoms. The Morgan fingerprint density at radius 1 is 1.23 bits per heavy atom. The van der Waals surface area contributed by atoms with Crippen LogP contribution in [0.2, 0.25) is 0 Å². The zero-order valence-corrected chi connectivity index (χ0v) is 13.6. The molecule has 2 fully saturated rings. The van der Waals surface area contributed by atoms with Crippen LogP contribution in [0.1, 0.15) is 33.1 Å². The van der Waals surface area contributed by atoms with Crippen LogP contribution in [0.3, 0.4) is 0 Å². The van der Waals surface area contributed by atoms with E-state index in [-0.39, 0.29) is 17.9 Å². The molecular weight excluding hydrogens is 278 g/mol. The zero-order chi connectivity index (χ0) is 15.7. The zero-order valence-electron chi connectivity index (χ0n) is 13.6. The lowest BCUT2D eigenvalue weighted by Crippen LogP contribution is -2.49. The molecule has 1 saturated heterocycles. The van der Waals surface area contributed by atoms with Gasteiger partial charge in [-0.1, -0.05) is 13.8 Å². The van der Waals surface area contributed by atoms with Crippen molar-refractivity contribution in [3.8, 4) is 11.5 Å². The van der Waals surface area contributed by atoms with Gasteiger partial charge in [-0.15, -0.1) is 0 Å². The minimum Gasteiger partial charge on any atom is -0.497 e. The number of hydrogen-bond donors (Lipinski definition) is 0. The third kappa shape index (κ3) is 2.79. The van der Waals surface area contributed by atoms with E-state index in [0.717, 1.165) is 24.3 Å². The summed E-state index contributed by atoms with van der Waals surface area (Å²) in [5.41, 5.74) is 0. The molecule has 4 nitrogen and oxygen atoms in total. The molecule has 1 amide bonds. The van der Waals surface area contributed by atoms with Crippen LogP contribution in [-0.4, -0.2) is 36.6 Å². The Morgan fingerprint density at radius 3 is 2.55 bits per heavy atom. The van der Waals surface area contributed by atoms with E-state index in [1.54, 1.807) is 7.11 Å². The van der Waals surface area contributed by atoms with E-state index >= 15 is 0 Å². The number of piperidine rings is 1. The molecule has 22 heavy (non-hydrogen) atoms. The number of rotatable bonds is 5. The topological polar surface area (TPSA) is 38.8 Å². The number of ether oxygens (including phenoxy) is 2. The molecule has 1 aromatic rings. The van der Waals surface area contributed by atoms with E-state index in [9.17, 15) is 4.79 Å². The minimum atomic E-state index is 0.0582. The smallest absolute Gasteiger partial charge is 0.225 e. The van der Waals surface area contributed by atoms with E-state index in [4.69, 9.17) is 9.47 Å². The van der Waals surface area contributed by atoms with E-state index in [1.807, 2.05) is 38.1 Å². The van der Waals surface area contributed by atoms with Gasteiger partial charge in [0.15, 0.2) is 0 Å². The minimum absolute atomic E-state index is 0.0582. The molecule has 3 atom stereocenters. The van der Waals surface area contributed by atoms with Crippen LogP contribution in [0.15, 0.2) is 24.3 Å². The molecule has 0 aromatic heterocycles. The first-order chi connectivity index (χ1) is 10.6. The number of methoxy groups -OCH3 is 1. The van der Waals surface area contributed by atoms with Crippen LogP contribution in [0.25, 0.3) is 0 Å². The third-order valence-electron chi connectivity index (χ3n) is 4.97. The van der Waals surface area contributed by atoms with Crippen LogP contribution in [0, 0.1) is 11.8 Å². The molecule has 1 aromatic carbocycles. The second-order valence-corrected chi connectivity index (χ2v) is 6.68. The van der Waals surface area contributed by atoms with Crippen molar-refractivity contribution in [2.75, 3.05) is 13.7 Å². The third-order valence-corrected chi connectivity index (χ3v) is 4.97. The summed E-state index contributed by atoms with van der Waals surface area (Å²) in [6, 6.07) is 8.29. The first kappa shape index (κ1) is 15.2. The number of hydrogen-bond acceptors (Lipinski definition) is 3. The van der Waals surface area contributed by atoms with E-state index in [1.165, 1.54) is 6.42 Å². The Balaban J connectivity index is 1.66. The summed E-state index contributed by atoms with van der Waals surface area (Å²) in [7, 11) is 1.65. The van der Waals surface area contributed by atoms with Gasteiger partial charge in [-0.3, -0.25) is 4.79 Å². The maximum atomic E-state index is 12.5. The van der Waals surface area contributed by atoms with Gasteiger partial charge in [-0.2, -0.15) is 0 Å². The lowest BCUT2D eigenvalue weighted by Gasteiger charge is -2.36. The van der Waals surface area contributed by atoms with Gasteiger partial charge in [0.1, 0.15) is 18.1 Å². The molecule has 0 unspecified atom stereocenters. The summed E-state index contributed by atoms with van der Waals surface area (Å²) in [5.74, 6) is 2.59. The monoisotopic (exact) mass is 303 g/mol. The number of carbonyl (C=O) groups is 1. The maximum absolute atomic E-state index is 12.5. The standard InChI is InChI=1S/C18H25NO3/c1-12(2)18(20)19-14-5-4-13(10-14)17(19)11-22-16-8-6-15(21-3)7-9-16/h6-9,12-14,17H,4-5,10-11H2,1-3H3/t13-,14+,17-/m1/s1. The van der Waals surface area contributed by atoms with Gasteiger partial charge in [0.25, 0.3) is 0 Å². The molecule has 3 rings (SSSR count). The van der Waals surface area contributed by atoms with Crippen LogP contribution < -0.4 is 9.47 Å². The molecule has 4 heteroatoms. The Labute approximate surface area is 132 Å². The van der Waals surface area contributed by atoms with Crippen LogP contribution in [0.5, 0.6) is 11.5 Å². The van der Waals surface area contributed by atoms with Crippen molar-refractivity contribution in [1.29, 1.82) is 0 Å². The van der Waals surface area contributed by atoms with Gasteiger partial charge >= 0.3 is 0 Å². The van der Waals surface area contributed by atoms with Crippen molar-refractivity contribution in [3.63, 3.8) is 0 Å². The largest absolute Gasteiger partial charge is 0.497 e. The highest BCUT2D eigenvalue weighted by molar-refractivity contribution is 5.79. The van der Waals surface area contributed by atoms with Crippen molar-refractivity contribution in [2.24, 2.45) is 11.8 Å². The van der Waals surface area contributed by atoms with Crippen LogP contribution >= 0.6 is 0 Å². The van der Waals surface area contributed by atoms with Crippen molar-refractivity contribution in [1.82, 2.24) is 4.90 Å². The molecule has 0 radical (unpaired) electrons. The highest BCUT2D eigenvalue weighted by atomic mass is 16.5. The molecule has 0 N–H and O–H groups in total. The quantitative estimate of drug-likeness (QED) is 0.839. The summed E-state index contributed by atoms with van der Waals surface area (Å²) in [6.07, 6.45) is 3.53. The Hall–Kier alpha value is -1.71. The first-order valence-electron chi connectivity index (χ1n) is 8.19. The number of benzene rings is 1. The molecule has 1 aliphatic carbocycles. The Bertz CT molecular complexity index is 526. The van der Waals surface area contributed by atoms with E-state index in [0.29, 0.717) is 18.6 Å². The molecular formula is C18H25NO3. The predicted octanol–water partition coefficient (Wildman–Crippen LogP) is 3.11. The lowest BCUT2D eigenvalue weighted by molar-refractivity contribution is -0.139. The van der Waals surface area contributed by atoms with Gasteiger partial charge in [0.2, 0.25) is 5.91 Å². The van der Waals surface area contributed by atoms with Gasteiger partial charge in [0, 0.05) is 12.0 Å². The average Bonchev–Trinajstić information content (AvgIpc) is 3.13. The van der Waals surface area contributed by atoms with Gasteiger partial charge < -0.3 is 14.4 Å². The summed E-state index contributed by atoms with van der Waals surface area (Å²) in [4.78, 5) is 14.6. The summed E-state index contributed by atoms with van der Waals surface area (Å²) in [6.45, 7) is 4.55. The molecule has 120 valence electrons. The SMILES string of the molecule is COc1ccc(OC[C@@H]2[C@@H]3CC[C@@H](C3)N2C(=O)C(C)C)cc1. The van der Waals surface area contributed by atoms with Gasteiger partial charge in [-0.25, -0.2) is 0 Å². The molecule has 2 aliphatic rings. The number of carbonyl (C=O) groups excluding carboxylic acids is 1. The molecule has 1 saturated carbocycles. The lowest BCUT2D eigenvalue weighted by atomic mass is 9.98. The first-order valence-corrected chi connectivity index (χ1v) is 8.19. The van der Waals surface area contributed by atoms with Gasteiger partial charge in [0.05, 0.1) is 13.2 Å². The van der Waals surface area contributed by atoms with E-state index in [2.05, 4.69) is 4.90 Å². The van der Waals surface area contributed by atoms with Crippen molar-refractivity contribution in [2.45, 2.75) is 45.2 Å². The number of fused-ring (bicyclic) bond motifs is 2. The predicted molar refractivity (Wildman–Crippen MR) is 85.1 cm³/mol. The van der Waals surface area contributed by atoms with Crippen molar-refractivity contribution < 1.29 is 14.3 Å². The highest BCUT2D eigenvalue weighted by Gasteiger charge is 2.48. The second-order valence-electron chi connectivity index (χ2n) is 6.68. The van der Waals surface area contributed by atoms with Crippen molar-refractivity contribution >= 4 is 5.91 Å². The number of likely N-dealkylation sites (tertiary alicyclic amines) is 1. The maximum Gasteiger partial charge on any atom is 0.225 e. The molecule has 0 spiro atoms. The second kappa shape index (κ2) is 6.19. The summed E-state index contributed by atoms with van der Waals surface area (Å²) < 4.78 is 11.1. The molecule has 1 heterocycles. The van der Waals surface area contributed by atoms with E-state index < -0.39 is 0 Å². The van der Waals surface area contributed by atoms with Crippen LogP contribution in [0.4, 0.5) is 0 Å². The summed E-state index contributed by atoms with van der Waals surface area (Å²) in [5, 5.41) is 0. The fourth-order valence-corrected chi connectivity index (χ4v) is 3.80.